The van der Waals surface area contributed by atoms with Gasteiger partial charge in [0.05, 0.1) is 12.7 Å². The van der Waals surface area contributed by atoms with E-state index in [1.807, 2.05) is 0 Å². The van der Waals surface area contributed by atoms with E-state index in [0.717, 1.165) is 5.69 Å². The number of ether oxygens (including phenoxy) is 1. The lowest BCUT2D eigenvalue weighted by Gasteiger charge is -2.06. The number of carbonyl (C=O) groups excluding carboxylic acids is 1. The van der Waals surface area contributed by atoms with Crippen molar-refractivity contribution in [1.82, 2.24) is 0 Å². The monoisotopic (exact) mass is 237 g/mol. The SMILES string of the molecule is COC(=O)c1ccc(NCCCC(=O)O)cc1. The molecule has 0 aliphatic rings. The fraction of sp³-hybridized carbons (Fsp3) is 0.333. The van der Waals surface area contributed by atoms with Gasteiger partial charge in [0.2, 0.25) is 0 Å². The molecule has 0 fully saturated rings. The molecule has 1 aromatic rings. The van der Waals surface area contributed by atoms with E-state index in [4.69, 9.17) is 5.11 Å². The molecule has 0 bridgehead atoms. The Kier molecular flexibility index (Phi) is 5.00. The molecule has 0 saturated heterocycles. The van der Waals surface area contributed by atoms with Crippen molar-refractivity contribution < 1.29 is 19.4 Å². The van der Waals surface area contributed by atoms with E-state index in [0.29, 0.717) is 18.5 Å². The molecule has 5 heteroatoms. The number of hydrogen-bond donors (Lipinski definition) is 2. The molecule has 0 spiro atoms. The third-order valence-corrected chi connectivity index (χ3v) is 2.20. The van der Waals surface area contributed by atoms with E-state index < -0.39 is 5.97 Å². The minimum Gasteiger partial charge on any atom is -0.481 e. The predicted molar refractivity (Wildman–Crippen MR) is 63.1 cm³/mol. The average Bonchev–Trinajstić information content (AvgIpc) is 2.34. The van der Waals surface area contributed by atoms with E-state index in [-0.39, 0.29) is 12.4 Å². The van der Waals surface area contributed by atoms with Crippen LogP contribution in [0.4, 0.5) is 5.69 Å². The molecule has 0 heterocycles. The van der Waals surface area contributed by atoms with Crippen LogP contribution in [-0.2, 0) is 9.53 Å². The van der Waals surface area contributed by atoms with Crippen LogP contribution in [0.25, 0.3) is 0 Å². The van der Waals surface area contributed by atoms with Gasteiger partial charge >= 0.3 is 11.9 Å². The molecule has 17 heavy (non-hydrogen) atoms. The number of anilines is 1. The van der Waals surface area contributed by atoms with Crippen LogP contribution in [0.2, 0.25) is 0 Å². The minimum atomic E-state index is -0.798. The number of carboxylic acid groups (broad SMARTS) is 1. The second kappa shape index (κ2) is 6.52. The number of carbonyl (C=O) groups is 2. The van der Waals surface area contributed by atoms with Crippen LogP contribution in [0.15, 0.2) is 24.3 Å². The normalized spacial score (nSPS) is 9.71. The Bertz CT molecular complexity index is 386. The third kappa shape index (κ3) is 4.55. The Morgan fingerprint density at radius 2 is 1.94 bits per heavy atom. The summed E-state index contributed by atoms with van der Waals surface area (Å²) in [5.74, 6) is -1.17. The molecule has 0 radical (unpaired) electrons. The van der Waals surface area contributed by atoms with Gasteiger partial charge in [0.15, 0.2) is 0 Å². The summed E-state index contributed by atoms with van der Waals surface area (Å²) in [4.78, 5) is 21.4. The standard InChI is InChI=1S/C12H15NO4/c1-17-12(16)9-4-6-10(7-5-9)13-8-2-3-11(14)15/h4-7,13H,2-3,8H2,1H3,(H,14,15). The van der Waals surface area contributed by atoms with Crippen LogP contribution in [-0.4, -0.2) is 30.7 Å². The van der Waals surface area contributed by atoms with E-state index >= 15 is 0 Å². The van der Waals surface area contributed by atoms with Gasteiger partial charge < -0.3 is 15.2 Å². The fourth-order valence-corrected chi connectivity index (χ4v) is 1.31. The summed E-state index contributed by atoms with van der Waals surface area (Å²) in [7, 11) is 1.33. The lowest BCUT2D eigenvalue weighted by atomic mass is 10.2. The summed E-state index contributed by atoms with van der Waals surface area (Å²) in [5.41, 5.74) is 1.34. The molecular formula is C12H15NO4. The van der Waals surface area contributed by atoms with Gasteiger partial charge in [-0.1, -0.05) is 0 Å². The molecule has 0 unspecified atom stereocenters. The predicted octanol–water partition coefficient (Wildman–Crippen LogP) is 1.75. The molecule has 0 atom stereocenters. The van der Waals surface area contributed by atoms with Crippen molar-refractivity contribution in [3.63, 3.8) is 0 Å². The first-order valence-electron chi connectivity index (χ1n) is 5.27. The Labute approximate surface area is 99.4 Å². The highest BCUT2D eigenvalue weighted by atomic mass is 16.5. The third-order valence-electron chi connectivity index (χ3n) is 2.20. The molecule has 5 nitrogen and oxygen atoms in total. The minimum absolute atomic E-state index is 0.146. The van der Waals surface area contributed by atoms with E-state index in [2.05, 4.69) is 10.1 Å². The summed E-state index contributed by atoms with van der Waals surface area (Å²) in [6.07, 6.45) is 0.710. The molecule has 0 aromatic heterocycles. The van der Waals surface area contributed by atoms with Crippen molar-refractivity contribution >= 4 is 17.6 Å². The van der Waals surface area contributed by atoms with E-state index in [1.54, 1.807) is 24.3 Å². The smallest absolute Gasteiger partial charge is 0.337 e. The second-order valence-electron chi connectivity index (χ2n) is 3.49. The number of aliphatic carboxylic acids is 1. The highest BCUT2D eigenvalue weighted by Gasteiger charge is 2.03. The van der Waals surface area contributed by atoms with Gasteiger partial charge in [-0.15, -0.1) is 0 Å². The second-order valence-corrected chi connectivity index (χ2v) is 3.49. The summed E-state index contributed by atoms with van der Waals surface area (Å²) < 4.78 is 4.58. The molecule has 92 valence electrons. The Hall–Kier alpha value is -2.04. The Morgan fingerprint density at radius 3 is 2.47 bits per heavy atom. The fourth-order valence-electron chi connectivity index (χ4n) is 1.31. The number of rotatable bonds is 6. The number of nitrogens with one attached hydrogen (secondary N) is 1. The van der Waals surface area contributed by atoms with Gasteiger partial charge in [-0.05, 0) is 30.7 Å². The quantitative estimate of drug-likeness (QED) is 0.582. The lowest BCUT2D eigenvalue weighted by Crippen LogP contribution is -2.05. The van der Waals surface area contributed by atoms with Gasteiger partial charge in [-0.25, -0.2) is 4.79 Å². The topological polar surface area (TPSA) is 75.6 Å². The van der Waals surface area contributed by atoms with Crippen LogP contribution < -0.4 is 5.32 Å². The van der Waals surface area contributed by atoms with E-state index in [1.165, 1.54) is 7.11 Å². The van der Waals surface area contributed by atoms with Crippen molar-refractivity contribution in [2.75, 3.05) is 19.0 Å². The molecule has 1 rings (SSSR count). The van der Waals surface area contributed by atoms with Crippen molar-refractivity contribution in [2.45, 2.75) is 12.8 Å². The molecular weight excluding hydrogens is 222 g/mol. The highest BCUT2D eigenvalue weighted by molar-refractivity contribution is 5.89. The van der Waals surface area contributed by atoms with Crippen molar-refractivity contribution in [3.05, 3.63) is 29.8 Å². The van der Waals surface area contributed by atoms with Crippen molar-refractivity contribution in [3.8, 4) is 0 Å². The largest absolute Gasteiger partial charge is 0.481 e. The van der Waals surface area contributed by atoms with Crippen molar-refractivity contribution in [1.29, 1.82) is 0 Å². The first kappa shape index (κ1) is 13.0. The van der Waals surface area contributed by atoms with Crippen LogP contribution in [0, 0.1) is 0 Å². The maximum absolute atomic E-state index is 11.2. The highest BCUT2D eigenvalue weighted by Crippen LogP contribution is 2.10. The number of hydrogen-bond acceptors (Lipinski definition) is 4. The average molecular weight is 237 g/mol. The zero-order chi connectivity index (χ0) is 12.7. The van der Waals surface area contributed by atoms with Crippen LogP contribution >= 0.6 is 0 Å². The van der Waals surface area contributed by atoms with Gasteiger partial charge in [0, 0.05) is 18.7 Å². The van der Waals surface area contributed by atoms with Gasteiger partial charge in [-0.2, -0.15) is 0 Å². The maximum atomic E-state index is 11.2. The maximum Gasteiger partial charge on any atom is 0.337 e. The first-order valence-corrected chi connectivity index (χ1v) is 5.27. The first-order chi connectivity index (χ1) is 8.13. The van der Waals surface area contributed by atoms with Crippen LogP contribution in [0.1, 0.15) is 23.2 Å². The number of benzene rings is 1. The molecule has 2 N–H and O–H groups in total. The molecule has 0 aliphatic heterocycles. The summed E-state index contributed by atoms with van der Waals surface area (Å²) in [5, 5.41) is 11.5. The zero-order valence-corrected chi connectivity index (χ0v) is 9.60. The Balaban J connectivity index is 2.40. The van der Waals surface area contributed by atoms with E-state index in [9.17, 15) is 9.59 Å². The number of methoxy groups -OCH3 is 1. The number of carboxylic acids is 1. The molecule has 1 aromatic carbocycles. The molecule has 0 amide bonds. The number of esters is 1. The van der Waals surface area contributed by atoms with Crippen LogP contribution in [0.5, 0.6) is 0 Å². The van der Waals surface area contributed by atoms with Gasteiger partial charge in [0.1, 0.15) is 0 Å². The van der Waals surface area contributed by atoms with Gasteiger partial charge in [-0.3, -0.25) is 4.79 Å². The summed E-state index contributed by atoms with van der Waals surface area (Å²) in [6.45, 7) is 0.587. The summed E-state index contributed by atoms with van der Waals surface area (Å²) in [6, 6.07) is 6.83. The zero-order valence-electron chi connectivity index (χ0n) is 9.60. The van der Waals surface area contributed by atoms with Gasteiger partial charge in [0.25, 0.3) is 0 Å². The Morgan fingerprint density at radius 1 is 1.29 bits per heavy atom. The lowest BCUT2D eigenvalue weighted by molar-refractivity contribution is -0.137. The molecule has 0 aliphatic carbocycles. The van der Waals surface area contributed by atoms with Crippen LogP contribution in [0.3, 0.4) is 0 Å². The summed E-state index contributed by atoms with van der Waals surface area (Å²) >= 11 is 0. The molecule has 0 saturated carbocycles. The van der Waals surface area contributed by atoms with Crippen molar-refractivity contribution in [2.24, 2.45) is 0 Å².